The van der Waals surface area contributed by atoms with Crippen LogP contribution in [0.15, 0.2) is 22.2 Å². The summed E-state index contributed by atoms with van der Waals surface area (Å²) in [5.41, 5.74) is 9.22. The number of nitrogen functional groups attached to an aromatic ring is 2. The summed E-state index contributed by atoms with van der Waals surface area (Å²) in [4.78, 5) is 55.6. The largest absolute Gasteiger partial charge is 0.475 e. The zero-order valence-electron chi connectivity index (χ0n) is 23.7. The standard InChI is InChI=1S/C21H25FN10O13P2/c1-39-47(38)41-3-7-12(8(22)18(43-7)31-4-25-9-14(31)27-20(23)29-16(9)34)44-46(36,37)40-2-6-11(33)13(45-47)19(42-6)32-5-26-10-15(32)28-21(24)30-17(10)35/h4-8,11-13,18-19,33H,2-3H2,1H3,(H,36,37)(H3,23,27,29,34)(H3,24,28,30,35)/t6-,7-,8+,11?,12?,13+,18-,19-,47?/m1/s1. The Morgan fingerprint density at radius 3 is 2.06 bits per heavy atom. The van der Waals surface area contributed by atoms with Crippen molar-refractivity contribution in [3.8, 4) is 0 Å². The highest BCUT2D eigenvalue weighted by Gasteiger charge is 2.55. The molecule has 23 nitrogen and oxygen atoms in total. The Bertz CT molecular complexity index is 2070. The van der Waals surface area contributed by atoms with E-state index in [2.05, 4.69) is 29.9 Å². The van der Waals surface area contributed by atoms with Crippen molar-refractivity contribution < 1.29 is 55.6 Å². The van der Waals surface area contributed by atoms with Gasteiger partial charge in [-0.15, -0.1) is 0 Å². The number of alkyl halides is 1. The molecule has 0 amide bonds. The molecule has 4 aromatic rings. The minimum Gasteiger partial charge on any atom is -0.387 e. The van der Waals surface area contributed by atoms with Gasteiger partial charge >= 0.3 is 15.6 Å². The molecule has 0 radical (unpaired) electrons. The molecule has 26 heteroatoms. The molecular formula is C21H25FN10O13P2. The third kappa shape index (κ3) is 5.55. The second-order valence-corrected chi connectivity index (χ2v) is 13.6. The molecule has 3 fully saturated rings. The number of phosphoric acid groups is 2. The molecule has 0 aliphatic carbocycles. The van der Waals surface area contributed by atoms with Crippen molar-refractivity contribution in [2.24, 2.45) is 0 Å². The minimum absolute atomic E-state index is 0.114. The average Bonchev–Trinajstić information content (AvgIpc) is 3.76. The van der Waals surface area contributed by atoms with Gasteiger partial charge < -0.3 is 30.9 Å². The third-order valence-corrected chi connectivity index (χ3v) is 9.96. The van der Waals surface area contributed by atoms with Crippen molar-refractivity contribution in [2.45, 2.75) is 49.1 Å². The lowest BCUT2D eigenvalue weighted by molar-refractivity contribution is -0.0681. The van der Waals surface area contributed by atoms with E-state index in [9.17, 15) is 28.7 Å². The molecule has 8 N–H and O–H groups in total. The predicted octanol–water partition coefficient (Wildman–Crippen LogP) is -1.42. The molecule has 3 saturated heterocycles. The highest BCUT2D eigenvalue weighted by atomic mass is 31.2. The summed E-state index contributed by atoms with van der Waals surface area (Å²) >= 11 is 0. The van der Waals surface area contributed by atoms with Crippen LogP contribution >= 0.6 is 15.6 Å². The number of ether oxygens (including phenoxy) is 2. The number of halogens is 1. The fourth-order valence-corrected chi connectivity index (χ4v) is 7.49. The van der Waals surface area contributed by atoms with Gasteiger partial charge in [-0.1, -0.05) is 0 Å². The number of phosphoric ester groups is 2. The van der Waals surface area contributed by atoms with Crippen molar-refractivity contribution in [3.05, 3.63) is 33.4 Å². The van der Waals surface area contributed by atoms with Gasteiger partial charge in [0.25, 0.3) is 11.1 Å². The Labute approximate surface area is 259 Å². The minimum atomic E-state index is -5.17. The van der Waals surface area contributed by atoms with Gasteiger partial charge in [0.05, 0.1) is 25.9 Å². The van der Waals surface area contributed by atoms with Crippen molar-refractivity contribution in [3.63, 3.8) is 0 Å². The van der Waals surface area contributed by atoms with E-state index in [1.54, 1.807) is 0 Å². The van der Waals surface area contributed by atoms with Crippen LogP contribution in [0, 0.1) is 0 Å². The van der Waals surface area contributed by atoms with Crippen molar-refractivity contribution >= 4 is 49.9 Å². The van der Waals surface area contributed by atoms with Crippen LogP contribution in [-0.2, 0) is 41.2 Å². The third-order valence-electron chi connectivity index (χ3n) is 7.56. The van der Waals surface area contributed by atoms with Crippen LogP contribution in [0.25, 0.3) is 22.3 Å². The summed E-state index contributed by atoms with van der Waals surface area (Å²) in [6.45, 7) is -1.68. The number of aliphatic hydroxyl groups excluding tert-OH is 1. The number of aliphatic hydroxyl groups is 1. The van der Waals surface area contributed by atoms with Gasteiger partial charge in [-0.25, -0.2) is 23.5 Å². The highest BCUT2D eigenvalue weighted by Crippen LogP contribution is 2.56. The van der Waals surface area contributed by atoms with Gasteiger partial charge in [-0.05, 0) is 0 Å². The summed E-state index contributed by atoms with van der Waals surface area (Å²) < 4.78 is 83.0. The molecule has 4 aromatic heterocycles. The molecule has 0 saturated carbocycles. The van der Waals surface area contributed by atoms with Crippen LogP contribution in [0.1, 0.15) is 12.5 Å². The number of nitrogens with one attached hydrogen (secondary N) is 2. The number of anilines is 2. The highest BCUT2D eigenvalue weighted by molar-refractivity contribution is 7.48. The van der Waals surface area contributed by atoms with Gasteiger partial charge in [-0.3, -0.25) is 51.3 Å². The van der Waals surface area contributed by atoms with Crippen LogP contribution in [0.3, 0.4) is 0 Å². The second-order valence-electron chi connectivity index (χ2n) is 10.4. The molecule has 3 aliphatic heterocycles. The van der Waals surface area contributed by atoms with E-state index < -0.39 is 89.1 Å². The maximum Gasteiger partial charge on any atom is 0.475 e. The fourth-order valence-electron chi connectivity index (χ4n) is 5.42. The predicted molar refractivity (Wildman–Crippen MR) is 150 cm³/mol. The van der Waals surface area contributed by atoms with Gasteiger partial charge in [0.2, 0.25) is 11.9 Å². The SMILES string of the molecule is COP1(=O)OC[C@H]2O[C@@H](n3cnc4c(=O)[nH]c(N)nc43)[C@@H](F)C2OP(=O)(O)OC[C@H]2O[C@@H](n3cnc4c(=O)[nH]c(N)nc43)[C@@H](O1)C2O. The van der Waals surface area contributed by atoms with E-state index in [0.717, 1.165) is 28.9 Å². The second kappa shape index (κ2) is 11.5. The summed E-state index contributed by atoms with van der Waals surface area (Å²) in [6.07, 6.45) is -11.6. The van der Waals surface area contributed by atoms with Crippen LogP contribution in [-0.4, -0.2) is 106 Å². The number of nitrogens with two attached hydrogens (primary N) is 2. The molecule has 10 atom stereocenters. The number of imidazole rings is 2. The van der Waals surface area contributed by atoms with Gasteiger partial charge in [0.1, 0.15) is 30.5 Å². The molecule has 3 aliphatic rings. The van der Waals surface area contributed by atoms with Crippen LogP contribution in [0.4, 0.5) is 16.3 Å². The molecule has 4 unspecified atom stereocenters. The van der Waals surface area contributed by atoms with E-state index in [1.165, 1.54) is 0 Å². The van der Waals surface area contributed by atoms with E-state index in [0.29, 0.717) is 0 Å². The lowest BCUT2D eigenvalue weighted by atomic mass is 10.1. The van der Waals surface area contributed by atoms with Crippen LogP contribution in [0.5, 0.6) is 0 Å². The summed E-state index contributed by atoms with van der Waals surface area (Å²) in [5.74, 6) is -0.588. The van der Waals surface area contributed by atoms with Gasteiger partial charge in [0.15, 0.2) is 41.0 Å². The Balaban J connectivity index is 1.23. The van der Waals surface area contributed by atoms with Gasteiger partial charge in [0, 0.05) is 7.11 Å². The monoisotopic (exact) mass is 706 g/mol. The van der Waals surface area contributed by atoms with Crippen molar-refractivity contribution in [2.75, 3.05) is 31.8 Å². The van der Waals surface area contributed by atoms with E-state index in [1.807, 2.05) is 0 Å². The zero-order valence-corrected chi connectivity index (χ0v) is 25.5. The number of nitrogens with zero attached hydrogens (tertiary/aromatic N) is 6. The first-order valence-corrected chi connectivity index (χ1v) is 16.5. The summed E-state index contributed by atoms with van der Waals surface area (Å²) in [6, 6.07) is 0. The van der Waals surface area contributed by atoms with E-state index >= 15 is 4.39 Å². The summed E-state index contributed by atoms with van der Waals surface area (Å²) in [5, 5.41) is 11.1. The number of hydrogen-bond acceptors (Lipinski definition) is 18. The average molecular weight is 706 g/mol. The quantitative estimate of drug-likeness (QED) is 0.133. The molecule has 0 spiro atoms. The smallest absolute Gasteiger partial charge is 0.387 e. The molecule has 7 heterocycles. The van der Waals surface area contributed by atoms with Crippen molar-refractivity contribution in [1.82, 2.24) is 39.0 Å². The lowest BCUT2D eigenvalue weighted by Crippen LogP contribution is -2.35. The van der Waals surface area contributed by atoms with E-state index in [-0.39, 0.29) is 34.2 Å². The number of aromatic amines is 2. The molecular weight excluding hydrogens is 681 g/mol. The first-order chi connectivity index (χ1) is 22.3. The molecule has 7 rings (SSSR count). The molecule has 0 aromatic carbocycles. The maximum absolute atomic E-state index is 16.0. The number of fused-ring (bicyclic) bond motifs is 5. The summed E-state index contributed by atoms with van der Waals surface area (Å²) in [7, 11) is -8.92. The fraction of sp³-hybridized carbons (Fsp3) is 0.524. The topological polar surface area (TPSA) is 318 Å². The Morgan fingerprint density at radius 1 is 0.915 bits per heavy atom. The van der Waals surface area contributed by atoms with Gasteiger partial charge in [-0.2, -0.15) is 9.97 Å². The zero-order chi connectivity index (χ0) is 33.4. The van der Waals surface area contributed by atoms with Crippen molar-refractivity contribution in [1.29, 1.82) is 0 Å². The maximum atomic E-state index is 16.0. The number of rotatable bonds is 3. The number of H-pyrrole nitrogens is 2. The lowest BCUT2D eigenvalue weighted by Gasteiger charge is -2.27. The molecule has 47 heavy (non-hydrogen) atoms. The van der Waals surface area contributed by atoms with Crippen LogP contribution < -0.4 is 22.6 Å². The normalized spacial score (nSPS) is 36.6. The Kier molecular flexibility index (Phi) is 7.80. The first kappa shape index (κ1) is 31.9. The Hall–Kier alpha value is -3.67. The number of aromatic nitrogens is 8. The first-order valence-electron chi connectivity index (χ1n) is 13.5. The van der Waals surface area contributed by atoms with Crippen LogP contribution in [0.2, 0.25) is 0 Å². The molecule has 2 bridgehead atoms. The van der Waals surface area contributed by atoms with E-state index in [4.69, 9.17) is 43.6 Å². The molecule has 254 valence electrons. The Morgan fingerprint density at radius 2 is 1.47 bits per heavy atom. The number of hydrogen-bond donors (Lipinski definition) is 6.